The molecule has 0 N–H and O–H groups in total. The Morgan fingerprint density at radius 3 is 2.09 bits per heavy atom. The first-order chi connectivity index (χ1) is 5.02. The molecule has 1 rings (SSSR count). The molecular formula is C7H11NO2V. The molecule has 1 aliphatic heterocycles. The number of aliphatic imine (C=N–C) groups is 1. The Balaban J connectivity index is 0.000000461. The molecule has 0 unspecified atom stereocenters. The van der Waals surface area contributed by atoms with Crippen molar-refractivity contribution in [1.29, 1.82) is 0 Å². The third-order valence-corrected chi connectivity index (χ3v) is 1.18. The van der Waals surface area contributed by atoms with Crippen molar-refractivity contribution >= 4 is 17.1 Å². The second kappa shape index (κ2) is 3.83. The first-order valence-corrected chi connectivity index (χ1v) is 4.11. The van der Waals surface area contributed by atoms with Gasteiger partial charge in [0.15, 0.2) is 11.4 Å². The molecule has 0 aromatic rings. The second-order valence-electron chi connectivity index (χ2n) is 2.58. The summed E-state index contributed by atoms with van der Waals surface area (Å²) in [7, 11) is 0. The Morgan fingerprint density at radius 1 is 1.55 bits per heavy atom. The number of carbonyl (C=O) groups excluding carboxylic acids is 1. The summed E-state index contributed by atoms with van der Waals surface area (Å²) in [6.45, 7) is 5.13. The molecule has 61 valence electrons. The van der Waals surface area contributed by atoms with Gasteiger partial charge in [0, 0.05) is 6.92 Å². The van der Waals surface area contributed by atoms with Crippen molar-refractivity contribution in [2.45, 2.75) is 26.3 Å². The fourth-order valence-electron chi connectivity index (χ4n) is 0.721. The molecule has 11 heavy (non-hydrogen) atoms. The van der Waals surface area contributed by atoms with Gasteiger partial charge in [-0.3, -0.25) is 0 Å². The molecule has 0 aromatic heterocycles. The van der Waals surface area contributed by atoms with Crippen LogP contribution in [0.15, 0.2) is 4.99 Å². The van der Waals surface area contributed by atoms with Crippen LogP contribution in [0.25, 0.3) is 0 Å². The molecule has 0 bridgehead atoms. The zero-order chi connectivity index (χ0) is 9.07. The number of hydrogen-bond acceptors (Lipinski definition) is 3. The summed E-state index contributed by atoms with van der Waals surface area (Å²) in [4.78, 5) is 14.7. The fraction of sp³-hybridized carbons (Fsp3) is 0.571. The monoisotopic (exact) mass is 192 g/mol. The van der Waals surface area contributed by atoms with Gasteiger partial charge in [-0.25, -0.2) is 9.79 Å². The van der Waals surface area contributed by atoms with Crippen LogP contribution in [0.1, 0.15) is 20.8 Å². The summed E-state index contributed by atoms with van der Waals surface area (Å²) in [5.41, 5.74) is -0.649. The van der Waals surface area contributed by atoms with Crippen molar-refractivity contribution in [1.82, 2.24) is 0 Å². The van der Waals surface area contributed by atoms with Crippen molar-refractivity contribution in [2.75, 3.05) is 0 Å². The Hall–Kier alpha value is -0.406. The van der Waals surface area contributed by atoms with Gasteiger partial charge in [-0.05, 0) is 13.8 Å². The topological polar surface area (TPSA) is 38.7 Å². The van der Waals surface area contributed by atoms with Crippen LogP contribution in [0, 0.1) is 0 Å². The van der Waals surface area contributed by atoms with E-state index in [1.807, 2.05) is 0 Å². The number of esters is 1. The van der Waals surface area contributed by atoms with Gasteiger partial charge in [0.2, 0.25) is 0 Å². The van der Waals surface area contributed by atoms with E-state index in [9.17, 15) is 4.79 Å². The van der Waals surface area contributed by atoms with Crippen molar-refractivity contribution in [3.8, 4) is 0 Å². The summed E-state index contributed by atoms with van der Waals surface area (Å²) in [5.74, 6) is 0.199. The molecule has 1 aliphatic rings. The number of carbonyl (C=O) groups is 1. The zero-order valence-corrected chi connectivity index (χ0v) is 8.31. The number of hydrogen-bond donors (Lipinski definition) is 0. The first-order valence-electron chi connectivity index (χ1n) is 3.13. The SMILES string of the molecule is CC1=NC(C)(C)C(=O)O1.[CH2]=[V]. The van der Waals surface area contributed by atoms with Crippen molar-refractivity contribution in [2.24, 2.45) is 4.99 Å². The van der Waals surface area contributed by atoms with E-state index in [-0.39, 0.29) is 5.97 Å². The van der Waals surface area contributed by atoms with E-state index in [2.05, 4.69) is 31.9 Å². The van der Waals surface area contributed by atoms with Gasteiger partial charge in [-0.2, -0.15) is 0 Å². The minimum absolute atomic E-state index is 0.264. The zero-order valence-electron chi connectivity index (χ0n) is 6.92. The van der Waals surface area contributed by atoms with E-state index < -0.39 is 5.54 Å². The van der Waals surface area contributed by atoms with Crippen molar-refractivity contribution < 1.29 is 26.5 Å². The molecule has 0 radical (unpaired) electrons. The van der Waals surface area contributed by atoms with Gasteiger partial charge in [0.05, 0.1) is 0 Å². The normalized spacial score (nSPS) is 19.5. The molecule has 3 nitrogen and oxygen atoms in total. The molecule has 0 amide bonds. The Bertz CT molecular complexity index is 199. The molecule has 0 saturated carbocycles. The van der Waals surface area contributed by atoms with Crippen LogP contribution in [0.2, 0.25) is 0 Å². The Morgan fingerprint density at radius 2 is 2.00 bits per heavy atom. The number of rotatable bonds is 0. The van der Waals surface area contributed by atoms with Crippen LogP contribution < -0.4 is 0 Å². The quantitative estimate of drug-likeness (QED) is 0.530. The van der Waals surface area contributed by atoms with E-state index in [1.54, 1.807) is 20.8 Å². The minimum atomic E-state index is -0.649. The summed E-state index contributed by atoms with van der Waals surface area (Å²) in [5, 5.41) is 3.19. The number of nitrogens with zero attached hydrogens (tertiary/aromatic N) is 1. The molecular weight excluding hydrogens is 181 g/mol. The van der Waals surface area contributed by atoms with E-state index in [0.29, 0.717) is 5.90 Å². The summed E-state index contributed by atoms with van der Waals surface area (Å²) in [6.07, 6.45) is 0. The first kappa shape index (κ1) is 10.6. The Labute approximate surface area is 75.3 Å². The van der Waals surface area contributed by atoms with Gasteiger partial charge < -0.3 is 4.74 Å². The van der Waals surface area contributed by atoms with Crippen molar-refractivity contribution in [3.05, 3.63) is 0 Å². The van der Waals surface area contributed by atoms with Crippen LogP contribution in [0.4, 0.5) is 0 Å². The second-order valence-corrected chi connectivity index (χ2v) is 2.58. The predicted octanol–water partition coefficient (Wildman–Crippen LogP) is 0.705. The molecule has 4 heteroatoms. The van der Waals surface area contributed by atoms with Gasteiger partial charge in [-0.1, -0.05) is 0 Å². The Kier molecular flexibility index (Phi) is 3.69. The molecule has 0 spiro atoms. The molecule has 0 fully saturated rings. The molecule has 0 aliphatic carbocycles. The molecule has 0 atom stereocenters. The standard InChI is InChI=1S/C6H9NO2.CH2.V/c1-4-7-6(2,3)5(8)9-4;;/h1-3H3;1H2;. The van der Waals surface area contributed by atoms with E-state index in [4.69, 9.17) is 0 Å². The van der Waals surface area contributed by atoms with Gasteiger partial charge >= 0.3 is 28.2 Å². The van der Waals surface area contributed by atoms with Crippen LogP contribution in [-0.4, -0.2) is 22.6 Å². The molecule has 0 aromatic carbocycles. The fourth-order valence-corrected chi connectivity index (χ4v) is 0.721. The number of cyclic esters (lactones) is 1. The third kappa shape index (κ3) is 2.60. The summed E-state index contributed by atoms with van der Waals surface area (Å²) >= 11 is 2.06. The average molecular weight is 192 g/mol. The van der Waals surface area contributed by atoms with Crippen LogP contribution >= 0.6 is 0 Å². The third-order valence-electron chi connectivity index (χ3n) is 1.18. The summed E-state index contributed by atoms with van der Waals surface area (Å²) in [6, 6.07) is 0. The number of ether oxygens (including phenoxy) is 1. The van der Waals surface area contributed by atoms with E-state index >= 15 is 0 Å². The molecule has 0 saturated heterocycles. The van der Waals surface area contributed by atoms with E-state index in [0.717, 1.165) is 0 Å². The van der Waals surface area contributed by atoms with Gasteiger partial charge in [-0.15, -0.1) is 0 Å². The van der Waals surface area contributed by atoms with Crippen LogP contribution in [0.3, 0.4) is 0 Å². The van der Waals surface area contributed by atoms with Crippen LogP contribution in [-0.2, 0) is 26.5 Å². The van der Waals surface area contributed by atoms with Gasteiger partial charge in [0.25, 0.3) is 0 Å². The molecule has 1 heterocycles. The van der Waals surface area contributed by atoms with E-state index in [1.165, 1.54) is 0 Å². The predicted molar refractivity (Wildman–Crippen MR) is 40.4 cm³/mol. The van der Waals surface area contributed by atoms with Crippen LogP contribution in [0.5, 0.6) is 0 Å². The van der Waals surface area contributed by atoms with Crippen molar-refractivity contribution in [3.63, 3.8) is 0 Å². The summed E-state index contributed by atoms with van der Waals surface area (Å²) < 4.78 is 4.69. The average Bonchev–Trinajstić information content (AvgIpc) is 2.10. The maximum atomic E-state index is 10.8. The maximum absolute atomic E-state index is 10.8. The van der Waals surface area contributed by atoms with Gasteiger partial charge in [0.1, 0.15) is 0 Å².